The number of aromatic nitrogens is 5. The SMILES string of the molecule is Cc1nc(CNC(=O)CCSc2nnc(-c3ccncc3)o2)cc(=O)[nH]1. The Bertz CT molecular complexity index is 940. The Hall–Kier alpha value is -3.01. The molecule has 0 aliphatic carbocycles. The molecule has 0 fully saturated rings. The van der Waals surface area contributed by atoms with E-state index >= 15 is 0 Å². The number of thioether (sulfide) groups is 1. The van der Waals surface area contributed by atoms with Crippen LogP contribution in [0.25, 0.3) is 11.5 Å². The zero-order valence-electron chi connectivity index (χ0n) is 13.9. The molecule has 0 aliphatic rings. The molecule has 0 bridgehead atoms. The number of rotatable bonds is 7. The average molecular weight is 372 g/mol. The number of hydrogen-bond acceptors (Lipinski definition) is 8. The molecule has 0 spiro atoms. The number of pyridine rings is 1. The van der Waals surface area contributed by atoms with Crippen molar-refractivity contribution in [1.82, 2.24) is 30.5 Å². The molecule has 0 atom stereocenters. The van der Waals surface area contributed by atoms with Gasteiger partial charge in [-0.2, -0.15) is 0 Å². The topological polar surface area (TPSA) is 127 Å². The second kappa shape index (κ2) is 8.39. The summed E-state index contributed by atoms with van der Waals surface area (Å²) >= 11 is 1.30. The maximum absolute atomic E-state index is 11.9. The molecular weight excluding hydrogens is 356 g/mol. The summed E-state index contributed by atoms with van der Waals surface area (Å²) in [6.45, 7) is 1.90. The first-order chi connectivity index (χ1) is 12.6. The van der Waals surface area contributed by atoms with Gasteiger partial charge in [-0.25, -0.2) is 4.98 Å². The number of carbonyl (C=O) groups is 1. The molecule has 9 nitrogen and oxygen atoms in total. The highest BCUT2D eigenvalue weighted by Gasteiger charge is 2.10. The first-order valence-corrected chi connectivity index (χ1v) is 8.79. The Morgan fingerprint density at radius 2 is 2.12 bits per heavy atom. The molecule has 3 aromatic heterocycles. The van der Waals surface area contributed by atoms with E-state index in [2.05, 4.69) is 30.5 Å². The van der Waals surface area contributed by atoms with Crippen LogP contribution in [0.5, 0.6) is 0 Å². The Labute approximate surface area is 152 Å². The summed E-state index contributed by atoms with van der Waals surface area (Å²) in [6, 6.07) is 4.92. The lowest BCUT2D eigenvalue weighted by Gasteiger charge is -2.04. The van der Waals surface area contributed by atoms with Crippen LogP contribution in [0.4, 0.5) is 0 Å². The van der Waals surface area contributed by atoms with Gasteiger partial charge in [0.05, 0.1) is 12.2 Å². The number of hydrogen-bond donors (Lipinski definition) is 2. The molecule has 0 saturated carbocycles. The summed E-state index contributed by atoms with van der Waals surface area (Å²) in [7, 11) is 0. The summed E-state index contributed by atoms with van der Waals surface area (Å²) in [6.07, 6.45) is 3.57. The van der Waals surface area contributed by atoms with Gasteiger partial charge >= 0.3 is 0 Å². The van der Waals surface area contributed by atoms with Crippen LogP contribution < -0.4 is 10.9 Å². The summed E-state index contributed by atoms with van der Waals surface area (Å²) in [5.74, 6) is 1.27. The highest BCUT2D eigenvalue weighted by molar-refractivity contribution is 7.99. The van der Waals surface area contributed by atoms with Crippen LogP contribution in [-0.4, -0.2) is 36.8 Å². The molecule has 3 aromatic rings. The van der Waals surface area contributed by atoms with E-state index in [4.69, 9.17) is 4.42 Å². The van der Waals surface area contributed by atoms with Crippen LogP contribution in [0.2, 0.25) is 0 Å². The van der Waals surface area contributed by atoms with E-state index in [1.807, 2.05) is 0 Å². The van der Waals surface area contributed by atoms with E-state index in [-0.39, 0.29) is 24.4 Å². The minimum atomic E-state index is -0.237. The molecule has 10 heteroatoms. The molecule has 134 valence electrons. The summed E-state index contributed by atoms with van der Waals surface area (Å²) in [5.41, 5.74) is 1.07. The number of nitrogens with zero attached hydrogens (tertiary/aromatic N) is 4. The predicted octanol–water partition coefficient (Wildman–Crippen LogP) is 1.32. The zero-order chi connectivity index (χ0) is 18.4. The lowest BCUT2D eigenvalue weighted by molar-refractivity contribution is -0.120. The second-order valence-electron chi connectivity index (χ2n) is 5.31. The maximum atomic E-state index is 11.9. The predicted molar refractivity (Wildman–Crippen MR) is 94.3 cm³/mol. The first-order valence-electron chi connectivity index (χ1n) is 7.80. The number of H-pyrrole nitrogens is 1. The van der Waals surface area contributed by atoms with Gasteiger partial charge in [0, 0.05) is 36.2 Å². The lowest BCUT2D eigenvalue weighted by Crippen LogP contribution is -2.25. The van der Waals surface area contributed by atoms with E-state index < -0.39 is 0 Å². The van der Waals surface area contributed by atoms with Gasteiger partial charge in [-0.15, -0.1) is 10.2 Å². The number of nitrogens with one attached hydrogen (secondary N) is 2. The molecule has 0 aromatic carbocycles. The molecule has 0 saturated heterocycles. The fraction of sp³-hybridized carbons (Fsp3) is 0.250. The Morgan fingerprint density at radius 1 is 1.31 bits per heavy atom. The normalized spacial score (nSPS) is 10.7. The maximum Gasteiger partial charge on any atom is 0.276 e. The Kier molecular flexibility index (Phi) is 5.74. The molecule has 26 heavy (non-hydrogen) atoms. The van der Waals surface area contributed by atoms with Crippen molar-refractivity contribution < 1.29 is 9.21 Å². The molecule has 2 N–H and O–H groups in total. The van der Waals surface area contributed by atoms with Crippen molar-refractivity contribution in [2.24, 2.45) is 0 Å². The Morgan fingerprint density at radius 3 is 2.88 bits per heavy atom. The molecule has 3 rings (SSSR count). The van der Waals surface area contributed by atoms with E-state index in [1.165, 1.54) is 17.8 Å². The largest absolute Gasteiger partial charge is 0.411 e. The van der Waals surface area contributed by atoms with Gasteiger partial charge in [-0.1, -0.05) is 11.8 Å². The van der Waals surface area contributed by atoms with E-state index in [9.17, 15) is 9.59 Å². The molecule has 0 aliphatic heterocycles. The average Bonchev–Trinajstić information content (AvgIpc) is 3.09. The molecular formula is C16H16N6O3S. The van der Waals surface area contributed by atoms with Gasteiger partial charge in [0.1, 0.15) is 5.82 Å². The van der Waals surface area contributed by atoms with Crippen molar-refractivity contribution in [3.8, 4) is 11.5 Å². The van der Waals surface area contributed by atoms with E-state index in [1.54, 1.807) is 31.5 Å². The summed E-state index contributed by atoms with van der Waals surface area (Å²) < 4.78 is 5.54. The van der Waals surface area contributed by atoms with Gasteiger partial charge in [-0.3, -0.25) is 14.6 Å². The van der Waals surface area contributed by atoms with Crippen molar-refractivity contribution in [2.75, 3.05) is 5.75 Å². The highest BCUT2D eigenvalue weighted by Crippen LogP contribution is 2.22. The van der Waals surface area contributed by atoms with E-state index in [0.29, 0.717) is 28.4 Å². The van der Waals surface area contributed by atoms with Crippen LogP contribution >= 0.6 is 11.8 Å². The first kappa shape index (κ1) is 17.8. The summed E-state index contributed by atoms with van der Waals surface area (Å²) in [4.78, 5) is 33.9. The fourth-order valence-electron chi connectivity index (χ4n) is 2.12. The third-order valence-corrected chi connectivity index (χ3v) is 4.09. The standard InChI is InChI=1S/C16H16N6O3S/c1-10-19-12(8-14(24)20-10)9-18-13(23)4-7-26-16-22-21-15(25-16)11-2-5-17-6-3-11/h2-3,5-6,8H,4,7,9H2,1H3,(H,18,23)(H,19,20,24). The van der Waals surface area contributed by atoms with Gasteiger partial charge in [0.15, 0.2) is 0 Å². The molecule has 0 radical (unpaired) electrons. The molecule has 0 unspecified atom stereocenters. The minimum Gasteiger partial charge on any atom is -0.411 e. The number of aromatic amines is 1. The van der Waals surface area contributed by atoms with Gasteiger partial charge in [0.2, 0.25) is 11.8 Å². The van der Waals surface area contributed by atoms with Gasteiger partial charge in [0.25, 0.3) is 10.8 Å². The van der Waals surface area contributed by atoms with Crippen molar-refractivity contribution >= 4 is 17.7 Å². The number of aryl methyl sites for hydroxylation is 1. The molecule has 3 heterocycles. The molecule has 1 amide bonds. The minimum absolute atomic E-state index is 0.147. The van der Waals surface area contributed by atoms with Gasteiger partial charge < -0.3 is 14.7 Å². The monoisotopic (exact) mass is 372 g/mol. The van der Waals surface area contributed by atoms with Gasteiger partial charge in [-0.05, 0) is 19.1 Å². The number of amides is 1. The van der Waals surface area contributed by atoms with Crippen LogP contribution in [0.3, 0.4) is 0 Å². The fourth-order valence-corrected chi connectivity index (χ4v) is 2.82. The zero-order valence-corrected chi connectivity index (χ0v) is 14.7. The highest BCUT2D eigenvalue weighted by atomic mass is 32.2. The Balaban J connectivity index is 1.44. The smallest absolute Gasteiger partial charge is 0.276 e. The van der Waals surface area contributed by atoms with E-state index in [0.717, 1.165) is 5.56 Å². The van der Waals surface area contributed by atoms with Crippen LogP contribution in [0, 0.1) is 6.92 Å². The van der Waals surface area contributed by atoms with Crippen molar-refractivity contribution in [3.63, 3.8) is 0 Å². The van der Waals surface area contributed by atoms with Crippen LogP contribution in [0.1, 0.15) is 17.9 Å². The third kappa shape index (κ3) is 4.99. The van der Waals surface area contributed by atoms with Crippen LogP contribution in [-0.2, 0) is 11.3 Å². The lowest BCUT2D eigenvalue weighted by atomic mass is 10.3. The van der Waals surface area contributed by atoms with Crippen LogP contribution in [0.15, 0.2) is 45.0 Å². The number of carbonyl (C=O) groups excluding carboxylic acids is 1. The van der Waals surface area contributed by atoms with Crippen molar-refractivity contribution in [3.05, 3.63) is 52.5 Å². The van der Waals surface area contributed by atoms with Crippen molar-refractivity contribution in [1.29, 1.82) is 0 Å². The quantitative estimate of drug-likeness (QED) is 0.595. The van der Waals surface area contributed by atoms with Crippen molar-refractivity contribution in [2.45, 2.75) is 25.1 Å². The summed E-state index contributed by atoms with van der Waals surface area (Å²) in [5, 5.41) is 11.0. The second-order valence-corrected chi connectivity index (χ2v) is 6.35. The third-order valence-electron chi connectivity index (χ3n) is 3.27.